The average molecular weight is 469 g/mol. The van der Waals surface area contributed by atoms with Gasteiger partial charge in [0.2, 0.25) is 0 Å². The zero-order chi connectivity index (χ0) is 23.4. The van der Waals surface area contributed by atoms with Crippen LogP contribution in [-0.4, -0.2) is 43.6 Å². The van der Waals surface area contributed by atoms with Crippen LogP contribution in [0.3, 0.4) is 0 Å². The van der Waals surface area contributed by atoms with Gasteiger partial charge in [-0.15, -0.1) is 0 Å². The highest BCUT2D eigenvalue weighted by Crippen LogP contribution is 2.50. The van der Waals surface area contributed by atoms with Gasteiger partial charge in [-0.3, -0.25) is 14.3 Å². The van der Waals surface area contributed by atoms with Gasteiger partial charge in [-0.05, 0) is 50.3 Å². The Hall–Kier alpha value is -3.27. The summed E-state index contributed by atoms with van der Waals surface area (Å²) in [5.41, 5.74) is 14.2. The number of thiazole rings is 1. The summed E-state index contributed by atoms with van der Waals surface area (Å²) in [5.74, 6) is -0.675. The lowest BCUT2D eigenvalue weighted by Gasteiger charge is -2.28. The molecule has 0 bridgehead atoms. The number of piperidine rings is 1. The molecule has 4 N–H and O–H groups in total. The van der Waals surface area contributed by atoms with E-state index in [9.17, 15) is 14.0 Å². The zero-order valence-corrected chi connectivity index (χ0v) is 19.2. The molecule has 2 fully saturated rings. The molecule has 2 aliphatic rings. The molecule has 3 heterocycles. The minimum absolute atomic E-state index is 0.107. The first kappa shape index (κ1) is 21.6. The van der Waals surface area contributed by atoms with E-state index < -0.39 is 5.91 Å². The lowest BCUT2D eigenvalue weighted by atomic mass is 10.0. The van der Waals surface area contributed by atoms with E-state index in [0.29, 0.717) is 40.6 Å². The number of aromatic nitrogens is 3. The Bertz CT molecular complexity index is 1270. The maximum Gasteiger partial charge on any atom is 0.274 e. The Morgan fingerprint density at radius 1 is 1.30 bits per heavy atom. The van der Waals surface area contributed by atoms with Crippen molar-refractivity contribution in [1.82, 2.24) is 19.7 Å². The molecule has 0 spiro atoms. The van der Waals surface area contributed by atoms with E-state index in [2.05, 4.69) is 10.1 Å². The largest absolute Gasteiger partial charge is 0.375 e. The first-order chi connectivity index (χ1) is 15.8. The predicted molar refractivity (Wildman–Crippen MR) is 123 cm³/mol. The third-order valence-electron chi connectivity index (χ3n) is 6.59. The van der Waals surface area contributed by atoms with Crippen molar-refractivity contribution >= 4 is 28.3 Å². The maximum atomic E-state index is 13.9. The number of nitrogens with zero attached hydrogens (tertiary/aromatic N) is 4. The number of nitrogen functional groups attached to an aromatic ring is 1. The quantitative estimate of drug-likeness (QED) is 0.576. The first-order valence-corrected chi connectivity index (χ1v) is 11.8. The van der Waals surface area contributed by atoms with Crippen LogP contribution in [-0.2, 0) is 13.0 Å². The predicted octanol–water partition coefficient (Wildman–Crippen LogP) is 3.00. The van der Waals surface area contributed by atoms with Crippen molar-refractivity contribution < 1.29 is 14.0 Å². The number of carbonyl (C=O) groups is 2. The van der Waals surface area contributed by atoms with E-state index in [1.807, 2.05) is 11.8 Å². The van der Waals surface area contributed by atoms with E-state index in [4.69, 9.17) is 11.5 Å². The lowest BCUT2D eigenvalue weighted by Crippen LogP contribution is -2.40. The number of fused-ring (bicyclic) bond motifs is 1. The van der Waals surface area contributed by atoms with Crippen LogP contribution in [0, 0.1) is 18.7 Å². The summed E-state index contributed by atoms with van der Waals surface area (Å²) in [6.45, 7) is 4.33. The summed E-state index contributed by atoms with van der Waals surface area (Å²) in [5, 5.41) is 4.73. The van der Waals surface area contributed by atoms with E-state index >= 15 is 0 Å². The molecule has 1 saturated heterocycles. The summed E-state index contributed by atoms with van der Waals surface area (Å²) in [6, 6.07) is 6.12. The number of hydrogen-bond acceptors (Lipinski definition) is 6. The molecule has 10 heteroatoms. The molecule has 2 amide bonds. The molecule has 33 heavy (non-hydrogen) atoms. The summed E-state index contributed by atoms with van der Waals surface area (Å²) in [7, 11) is 0. The van der Waals surface area contributed by atoms with Gasteiger partial charge < -0.3 is 16.4 Å². The van der Waals surface area contributed by atoms with Crippen LogP contribution in [0.25, 0.3) is 10.4 Å². The SMILES string of the molecule is CCn1nc(C)c(C(N)=O)c1C[C@@H]1C[C@@H]2C[C@@H]2N1C(=O)c1nc(N)sc1-c1cccc(F)c1. The van der Waals surface area contributed by atoms with Gasteiger partial charge in [-0.2, -0.15) is 5.10 Å². The van der Waals surface area contributed by atoms with E-state index in [-0.39, 0.29) is 34.6 Å². The number of anilines is 1. The fourth-order valence-corrected chi connectivity index (χ4v) is 5.95. The Morgan fingerprint density at radius 3 is 2.79 bits per heavy atom. The molecule has 1 aliphatic carbocycles. The van der Waals surface area contributed by atoms with Gasteiger partial charge in [0, 0.05) is 25.0 Å². The van der Waals surface area contributed by atoms with E-state index in [0.717, 1.165) is 18.5 Å². The standard InChI is InChI=1S/C23H25FN6O2S/c1-3-29-17(18(21(25)31)11(2)28-29)10-15-8-13-9-16(13)30(15)22(32)19-20(33-23(26)27-19)12-5-4-6-14(24)7-12/h4-7,13,15-16H,3,8-10H2,1-2H3,(H2,25,31)(H2,26,27)/t13-,15+,16+/m1/s1. The fraction of sp³-hybridized carbons (Fsp3) is 0.391. The third kappa shape index (κ3) is 3.68. The molecule has 3 aromatic rings. The molecular weight excluding hydrogens is 443 g/mol. The van der Waals surface area contributed by atoms with Gasteiger partial charge in [0.1, 0.15) is 11.5 Å². The normalized spacial score (nSPS) is 21.3. The van der Waals surface area contributed by atoms with Crippen molar-refractivity contribution in [3.63, 3.8) is 0 Å². The molecule has 8 nitrogen and oxygen atoms in total. The van der Waals surface area contributed by atoms with Crippen LogP contribution in [0.5, 0.6) is 0 Å². The lowest BCUT2D eigenvalue weighted by molar-refractivity contribution is 0.0694. The number of nitrogens with two attached hydrogens (primary N) is 2. The van der Waals surface area contributed by atoms with Crippen LogP contribution >= 0.6 is 11.3 Å². The number of halogens is 1. The average Bonchev–Trinajstić information content (AvgIpc) is 3.11. The van der Waals surface area contributed by atoms with Crippen LogP contribution < -0.4 is 11.5 Å². The second kappa shape index (κ2) is 7.95. The van der Waals surface area contributed by atoms with Gasteiger partial charge in [-0.25, -0.2) is 9.37 Å². The number of rotatable bonds is 6. The smallest absolute Gasteiger partial charge is 0.274 e. The summed E-state index contributed by atoms with van der Waals surface area (Å²) < 4.78 is 15.6. The monoisotopic (exact) mass is 468 g/mol. The Morgan fingerprint density at radius 2 is 2.09 bits per heavy atom. The number of benzene rings is 1. The van der Waals surface area contributed by atoms with Crippen LogP contribution in [0.4, 0.5) is 9.52 Å². The molecule has 5 rings (SSSR count). The second-order valence-corrected chi connectivity index (χ2v) is 9.73. The minimum atomic E-state index is -0.510. The fourth-order valence-electron chi connectivity index (χ4n) is 5.13. The van der Waals surface area contributed by atoms with Crippen molar-refractivity contribution in [2.75, 3.05) is 5.73 Å². The number of aryl methyl sites for hydroxylation is 2. The minimum Gasteiger partial charge on any atom is -0.375 e. The molecule has 172 valence electrons. The summed E-state index contributed by atoms with van der Waals surface area (Å²) >= 11 is 1.18. The molecule has 3 atom stereocenters. The molecule has 2 aromatic heterocycles. The van der Waals surface area contributed by atoms with Gasteiger partial charge in [0.25, 0.3) is 11.8 Å². The van der Waals surface area contributed by atoms with Gasteiger partial charge in [0.05, 0.1) is 21.8 Å². The van der Waals surface area contributed by atoms with E-state index in [1.54, 1.807) is 23.7 Å². The topological polar surface area (TPSA) is 120 Å². The van der Waals surface area contributed by atoms with Gasteiger partial charge in [-0.1, -0.05) is 23.5 Å². The van der Waals surface area contributed by atoms with Crippen molar-refractivity contribution in [1.29, 1.82) is 0 Å². The van der Waals surface area contributed by atoms with Crippen LogP contribution in [0.15, 0.2) is 24.3 Å². The molecular formula is C23H25FN6O2S. The third-order valence-corrected chi connectivity index (χ3v) is 7.52. The van der Waals surface area contributed by atoms with Gasteiger partial charge in [0.15, 0.2) is 5.13 Å². The molecule has 1 aromatic carbocycles. The van der Waals surface area contributed by atoms with E-state index in [1.165, 1.54) is 23.5 Å². The maximum absolute atomic E-state index is 13.9. The molecule has 1 saturated carbocycles. The van der Waals surface area contributed by atoms with Crippen molar-refractivity contribution in [2.24, 2.45) is 11.7 Å². The number of carbonyl (C=O) groups excluding carboxylic acids is 2. The van der Waals surface area contributed by atoms with Crippen molar-refractivity contribution in [3.05, 3.63) is 52.7 Å². The molecule has 0 unspecified atom stereocenters. The van der Waals surface area contributed by atoms with Crippen molar-refractivity contribution in [2.45, 2.75) is 51.7 Å². The Labute approximate surface area is 194 Å². The first-order valence-electron chi connectivity index (χ1n) is 11.0. The van der Waals surface area contributed by atoms with Gasteiger partial charge >= 0.3 is 0 Å². The number of hydrogen-bond donors (Lipinski definition) is 2. The zero-order valence-electron chi connectivity index (χ0n) is 18.4. The summed E-state index contributed by atoms with van der Waals surface area (Å²) in [4.78, 5) is 32.7. The summed E-state index contributed by atoms with van der Waals surface area (Å²) in [6.07, 6.45) is 2.28. The van der Waals surface area contributed by atoms with Crippen LogP contribution in [0.2, 0.25) is 0 Å². The Kier molecular flexibility index (Phi) is 5.19. The molecule has 1 aliphatic heterocycles. The number of primary amides is 1. The molecule has 0 radical (unpaired) electrons. The number of likely N-dealkylation sites (tertiary alicyclic amines) is 1. The second-order valence-electron chi connectivity index (χ2n) is 8.70. The number of amides is 2. The highest BCUT2D eigenvalue weighted by atomic mass is 32.1. The highest BCUT2D eigenvalue weighted by Gasteiger charge is 2.54. The Balaban J connectivity index is 1.50. The van der Waals surface area contributed by atoms with Crippen LogP contribution in [0.1, 0.15) is 52.0 Å². The highest BCUT2D eigenvalue weighted by molar-refractivity contribution is 7.19. The van der Waals surface area contributed by atoms with Crippen molar-refractivity contribution in [3.8, 4) is 10.4 Å².